The summed E-state index contributed by atoms with van der Waals surface area (Å²) in [4.78, 5) is 23.8. The third-order valence-electron chi connectivity index (χ3n) is 3.00. The molecule has 0 aliphatic rings. The number of rotatable bonds is 7. The summed E-state index contributed by atoms with van der Waals surface area (Å²) in [6.45, 7) is 5.15. The van der Waals surface area contributed by atoms with Crippen LogP contribution in [0.15, 0.2) is 30.3 Å². The molecule has 4 nitrogen and oxygen atoms in total. The van der Waals surface area contributed by atoms with Gasteiger partial charge in [0.05, 0.1) is 6.10 Å². The number of ketones is 1. The average molecular weight is 295 g/mol. The van der Waals surface area contributed by atoms with Crippen molar-refractivity contribution in [3.8, 4) is 0 Å². The maximum Gasteiger partial charge on any atom is 0.323 e. The zero-order valence-electron chi connectivity index (χ0n) is 12.1. The van der Waals surface area contributed by atoms with Crippen LogP contribution in [0.5, 0.6) is 0 Å². The van der Waals surface area contributed by atoms with Gasteiger partial charge < -0.3 is 4.74 Å². The molecule has 1 aromatic carbocycles. The summed E-state index contributed by atoms with van der Waals surface area (Å²) in [5, 5.41) is 2.85. The van der Waals surface area contributed by atoms with Crippen LogP contribution in [-0.2, 0) is 14.3 Å². The van der Waals surface area contributed by atoms with Crippen molar-refractivity contribution in [3.63, 3.8) is 0 Å². The zero-order chi connectivity index (χ0) is 15.1. The third kappa shape index (κ3) is 5.03. The number of carbonyl (C=O) groups excluding carboxylic acids is 2. The second kappa shape index (κ2) is 8.13. The normalized spacial score (nSPS) is 13.8. The second-order valence-corrected chi connectivity index (χ2v) is 5.35. The van der Waals surface area contributed by atoms with Crippen LogP contribution in [-0.4, -0.2) is 23.9 Å². The fraction of sp³-hybridized carbons (Fsp3) is 0.467. The molecular weight excluding hydrogens is 273 g/mol. The van der Waals surface area contributed by atoms with Crippen LogP contribution in [0.25, 0.3) is 0 Å². The van der Waals surface area contributed by atoms with Gasteiger partial charge in [-0.2, -0.15) is 0 Å². The van der Waals surface area contributed by atoms with Crippen molar-refractivity contribution in [1.82, 2.24) is 5.09 Å². The first kappa shape index (κ1) is 16.8. The molecule has 20 heavy (non-hydrogen) atoms. The zero-order valence-corrected chi connectivity index (χ0v) is 13.3. The first-order valence-corrected chi connectivity index (χ1v) is 7.25. The minimum absolute atomic E-state index is 0.0406. The summed E-state index contributed by atoms with van der Waals surface area (Å²) < 4.78 is 5.19. The van der Waals surface area contributed by atoms with E-state index in [0.29, 0.717) is 6.42 Å². The molecule has 3 atom stereocenters. The fourth-order valence-electron chi connectivity index (χ4n) is 2.00. The molecule has 3 unspecified atom stereocenters. The van der Waals surface area contributed by atoms with E-state index in [1.807, 2.05) is 30.3 Å². The smallest absolute Gasteiger partial charge is 0.323 e. The van der Waals surface area contributed by atoms with Gasteiger partial charge in [-0.3, -0.25) is 14.7 Å². The second-order valence-electron chi connectivity index (χ2n) is 5.01. The molecule has 0 saturated heterocycles. The molecule has 0 bridgehead atoms. The van der Waals surface area contributed by atoms with E-state index in [2.05, 4.69) is 14.5 Å². The average Bonchev–Trinajstić information content (AvgIpc) is 2.39. The lowest BCUT2D eigenvalue weighted by Crippen LogP contribution is -2.36. The maximum atomic E-state index is 12.0. The molecule has 0 heterocycles. The minimum atomic E-state index is -0.517. The van der Waals surface area contributed by atoms with Gasteiger partial charge in [0.2, 0.25) is 0 Å². The van der Waals surface area contributed by atoms with Gasteiger partial charge in [0.1, 0.15) is 11.8 Å². The Bertz CT molecular complexity index is 448. The summed E-state index contributed by atoms with van der Waals surface area (Å²) in [5.74, 6) is -0.607. The van der Waals surface area contributed by atoms with Crippen molar-refractivity contribution in [2.75, 3.05) is 0 Å². The summed E-state index contributed by atoms with van der Waals surface area (Å²) in [7, 11) is 2.32. The Labute approximate surface area is 122 Å². The predicted octanol–water partition coefficient (Wildman–Crippen LogP) is 2.45. The van der Waals surface area contributed by atoms with Crippen molar-refractivity contribution in [1.29, 1.82) is 0 Å². The molecule has 0 amide bonds. The highest BCUT2D eigenvalue weighted by molar-refractivity contribution is 7.13. The molecule has 1 N–H and O–H groups in total. The number of benzene rings is 1. The summed E-state index contributed by atoms with van der Waals surface area (Å²) in [6.07, 6.45) is 0.213. The molecule has 1 rings (SSSR count). The molecule has 0 radical (unpaired) electrons. The number of Topliss-reactive ketones (excluding diaryl/α,β-unsaturated/α-hetero) is 1. The molecule has 0 aliphatic carbocycles. The van der Waals surface area contributed by atoms with Crippen molar-refractivity contribution >= 4 is 21.1 Å². The van der Waals surface area contributed by atoms with Gasteiger partial charge in [0, 0.05) is 5.92 Å². The van der Waals surface area contributed by atoms with Gasteiger partial charge in [-0.25, -0.2) is 0 Å². The maximum absolute atomic E-state index is 12.0. The molecule has 5 heteroatoms. The summed E-state index contributed by atoms with van der Waals surface area (Å²) in [5.41, 5.74) is 0.919. The Morgan fingerprint density at radius 1 is 1.25 bits per heavy atom. The number of esters is 1. The van der Waals surface area contributed by atoms with Gasteiger partial charge in [0.25, 0.3) is 0 Å². The van der Waals surface area contributed by atoms with E-state index in [1.54, 1.807) is 20.8 Å². The predicted molar refractivity (Wildman–Crippen MR) is 82.3 cm³/mol. The molecule has 0 spiro atoms. The molecule has 110 valence electrons. The quantitative estimate of drug-likeness (QED) is 0.620. The van der Waals surface area contributed by atoms with Crippen LogP contribution in [0.4, 0.5) is 0 Å². The number of nitrogens with one attached hydrogen (secondary N) is 1. The first-order valence-electron chi connectivity index (χ1n) is 6.67. The number of hydrogen-bond acceptors (Lipinski definition) is 4. The highest BCUT2D eigenvalue weighted by atomic mass is 31.0. The summed E-state index contributed by atoms with van der Waals surface area (Å²) in [6, 6.07) is 8.97. The van der Waals surface area contributed by atoms with E-state index in [9.17, 15) is 9.59 Å². The lowest BCUT2D eigenvalue weighted by Gasteiger charge is -2.21. The van der Waals surface area contributed by atoms with Crippen LogP contribution < -0.4 is 5.09 Å². The third-order valence-corrected chi connectivity index (χ3v) is 3.40. The Hall–Kier alpha value is -1.25. The number of hydrogen-bond donors (Lipinski definition) is 1. The van der Waals surface area contributed by atoms with Crippen molar-refractivity contribution in [3.05, 3.63) is 35.9 Å². The number of ether oxygens (including phenoxy) is 1. The Balaban J connectivity index is 2.84. The standard InChI is InChI=1S/C15H22NO3P/c1-10(2)19-15(18)14(16-20)9-13(11(3)17)12-7-5-4-6-8-12/h4-8,10,13-14,16H,9,20H2,1-3H3. The van der Waals surface area contributed by atoms with Crippen LogP contribution in [0, 0.1) is 0 Å². The topological polar surface area (TPSA) is 55.4 Å². The Morgan fingerprint density at radius 2 is 1.85 bits per heavy atom. The van der Waals surface area contributed by atoms with Gasteiger partial charge in [-0.15, -0.1) is 0 Å². The van der Waals surface area contributed by atoms with Gasteiger partial charge >= 0.3 is 5.97 Å². The lowest BCUT2D eigenvalue weighted by molar-refractivity contribution is -0.149. The van der Waals surface area contributed by atoms with E-state index in [1.165, 1.54) is 0 Å². The lowest BCUT2D eigenvalue weighted by atomic mass is 9.89. The van der Waals surface area contributed by atoms with Gasteiger partial charge in [0.15, 0.2) is 0 Å². The number of carbonyl (C=O) groups is 2. The van der Waals surface area contributed by atoms with Crippen LogP contribution >= 0.6 is 9.39 Å². The Morgan fingerprint density at radius 3 is 2.30 bits per heavy atom. The molecule has 0 aromatic heterocycles. The SMILES string of the molecule is CC(=O)C(CC(NP)C(=O)OC(C)C)c1ccccc1. The Kier molecular flexibility index (Phi) is 6.83. The molecule has 0 fully saturated rings. The van der Waals surface area contributed by atoms with Crippen LogP contribution in [0.3, 0.4) is 0 Å². The minimum Gasteiger partial charge on any atom is -0.462 e. The fourth-order valence-corrected chi connectivity index (χ4v) is 2.28. The van der Waals surface area contributed by atoms with Crippen molar-refractivity contribution < 1.29 is 14.3 Å². The van der Waals surface area contributed by atoms with E-state index in [4.69, 9.17) is 4.74 Å². The van der Waals surface area contributed by atoms with E-state index in [0.717, 1.165) is 5.56 Å². The van der Waals surface area contributed by atoms with Crippen LogP contribution in [0.2, 0.25) is 0 Å². The highest BCUT2D eigenvalue weighted by Gasteiger charge is 2.27. The van der Waals surface area contributed by atoms with Gasteiger partial charge in [-0.1, -0.05) is 39.7 Å². The molecule has 0 saturated carbocycles. The molecular formula is C15H22NO3P. The van der Waals surface area contributed by atoms with Gasteiger partial charge in [-0.05, 0) is 32.8 Å². The van der Waals surface area contributed by atoms with E-state index in [-0.39, 0.29) is 23.8 Å². The monoisotopic (exact) mass is 295 g/mol. The largest absolute Gasteiger partial charge is 0.462 e. The van der Waals surface area contributed by atoms with Crippen LogP contribution in [0.1, 0.15) is 38.7 Å². The van der Waals surface area contributed by atoms with E-state index < -0.39 is 6.04 Å². The highest BCUT2D eigenvalue weighted by Crippen LogP contribution is 2.23. The van der Waals surface area contributed by atoms with Crippen molar-refractivity contribution in [2.45, 2.75) is 45.3 Å². The first-order chi connectivity index (χ1) is 9.45. The van der Waals surface area contributed by atoms with E-state index >= 15 is 0 Å². The van der Waals surface area contributed by atoms with Crippen molar-refractivity contribution in [2.24, 2.45) is 0 Å². The summed E-state index contributed by atoms with van der Waals surface area (Å²) >= 11 is 0. The molecule has 0 aliphatic heterocycles. The molecule has 1 aromatic rings.